The van der Waals surface area contributed by atoms with E-state index in [2.05, 4.69) is 29.2 Å². The molecule has 2 aromatic carbocycles. The van der Waals surface area contributed by atoms with Gasteiger partial charge in [0, 0.05) is 23.8 Å². The number of nitrogens with one attached hydrogen (secondary N) is 1. The maximum Gasteiger partial charge on any atom is 0.229 e. The Morgan fingerprint density at radius 3 is 2.36 bits per heavy atom. The SMILES string of the molecule is CCN(CC)c1nc(Nc2ccc(Cl)cc2)c2cnn(-c3ccccc3)c2n1. The molecule has 0 aliphatic carbocycles. The van der Waals surface area contributed by atoms with Crippen molar-refractivity contribution in [3.63, 3.8) is 0 Å². The lowest BCUT2D eigenvalue weighted by Gasteiger charge is -2.20. The predicted molar refractivity (Wildman–Crippen MR) is 115 cm³/mol. The van der Waals surface area contributed by atoms with Crippen molar-refractivity contribution in [2.45, 2.75) is 13.8 Å². The van der Waals surface area contributed by atoms with Crippen LogP contribution in [-0.2, 0) is 0 Å². The quantitative estimate of drug-likeness (QED) is 0.497. The molecule has 142 valence electrons. The summed E-state index contributed by atoms with van der Waals surface area (Å²) in [6.07, 6.45) is 1.80. The van der Waals surface area contributed by atoms with E-state index in [1.54, 1.807) is 6.20 Å². The van der Waals surface area contributed by atoms with Crippen molar-refractivity contribution < 1.29 is 0 Å². The van der Waals surface area contributed by atoms with E-state index in [0.717, 1.165) is 41.3 Å². The van der Waals surface area contributed by atoms with Crippen molar-refractivity contribution in [1.82, 2.24) is 19.7 Å². The van der Waals surface area contributed by atoms with Gasteiger partial charge in [0.15, 0.2) is 5.65 Å². The molecule has 0 unspecified atom stereocenters. The minimum atomic E-state index is 0.673. The number of anilines is 3. The zero-order valence-electron chi connectivity index (χ0n) is 15.8. The second-order valence-electron chi connectivity index (χ2n) is 6.31. The van der Waals surface area contributed by atoms with Crippen molar-refractivity contribution in [2.24, 2.45) is 0 Å². The smallest absolute Gasteiger partial charge is 0.229 e. The van der Waals surface area contributed by atoms with Gasteiger partial charge in [-0.3, -0.25) is 0 Å². The molecule has 4 rings (SSSR count). The highest BCUT2D eigenvalue weighted by molar-refractivity contribution is 6.30. The van der Waals surface area contributed by atoms with Crippen molar-refractivity contribution in [1.29, 1.82) is 0 Å². The van der Waals surface area contributed by atoms with E-state index in [1.807, 2.05) is 59.3 Å². The van der Waals surface area contributed by atoms with Gasteiger partial charge < -0.3 is 10.2 Å². The number of halogens is 1. The topological polar surface area (TPSA) is 58.9 Å². The standard InChI is InChI=1S/C21H21ClN6/c1-3-27(4-2)21-25-19(24-16-12-10-15(22)11-13-16)18-14-23-28(20(18)26-21)17-8-6-5-7-9-17/h5-14H,3-4H2,1-2H3,(H,24,25,26). The van der Waals surface area contributed by atoms with Crippen LogP contribution in [0, 0.1) is 0 Å². The highest BCUT2D eigenvalue weighted by atomic mass is 35.5. The average Bonchev–Trinajstić information content (AvgIpc) is 3.16. The molecule has 0 atom stereocenters. The van der Waals surface area contributed by atoms with Crippen LogP contribution in [0.4, 0.5) is 17.5 Å². The Balaban J connectivity index is 1.87. The lowest BCUT2D eigenvalue weighted by molar-refractivity contribution is 0.820. The van der Waals surface area contributed by atoms with Gasteiger partial charge in [-0.05, 0) is 50.2 Å². The number of hydrogen-bond acceptors (Lipinski definition) is 5. The molecule has 0 amide bonds. The van der Waals surface area contributed by atoms with Crippen LogP contribution in [0.15, 0.2) is 60.8 Å². The number of benzene rings is 2. The Morgan fingerprint density at radius 2 is 1.68 bits per heavy atom. The Hall–Kier alpha value is -3.12. The zero-order chi connectivity index (χ0) is 19.5. The third kappa shape index (κ3) is 3.51. The molecule has 0 bridgehead atoms. The highest BCUT2D eigenvalue weighted by Gasteiger charge is 2.16. The Morgan fingerprint density at radius 1 is 0.964 bits per heavy atom. The van der Waals surface area contributed by atoms with Gasteiger partial charge in [-0.15, -0.1) is 0 Å². The second kappa shape index (κ2) is 7.86. The van der Waals surface area contributed by atoms with Crippen LogP contribution in [-0.4, -0.2) is 32.8 Å². The second-order valence-corrected chi connectivity index (χ2v) is 6.74. The first kappa shape index (κ1) is 18.3. The number of aromatic nitrogens is 4. The number of fused-ring (bicyclic) bond motifs is 1. The third-order valence-electron chi connectivity index (χ3n) is 4.57. The molecule has 6 nitrogen and oxygen atoms in total. The summed E-state index contributed by atoms with van der Waals surface area (Å²) in [7, 11) is 0. The molecule has 7 heteroatoms. The van der Waals surface area contributed by atoms with Crippen molar-refractivity contribution in [3.05, 3.63) is 65.8 Å². The first-order chi connectivity index (χ1) is 13.7. The van der Waals surface area contributed by atoms with Crippen LogP contribution in [0.2, 0.25) is 5.02 Å². The first-order valence-corrected chi connectivity index (χ1v) is 9.66. The highest BCUT2D eigenvalue weighted by Crippen LogP contribution is 2.28. The molecule has 0 fully saturated rings. The fraction of sp³-hybridized carbons (Fsp3) is 0.190. The first-order valence-electron chi connectivity index (χ1n) is 9.28. The van der Waals surface area contributed by atoms with E-state index in [9.17, 15) is 0 Å². The van der Waals surface area contributed by atoms with Gasteiger partial charge in [-0.1, -0.05) is 29.8 Å². The molecule has 0 radical (unpaired) electrons. The number of nitrogens with zero attached hydrogens (tertiary/aromatic N) is 5. The molecule has 0 saturated carbocycles. The van der Waals surface area contributed by atoms with Crippen LogP contribution in [0.5, 0.6) is 0 Å². The molecule has 28 heavy (non-hydrogen) atoms. The van der Waals surface area contributed by atoms with Gasteiger partial charge >= 0.3 is 0 Å². The molecule has 4 aromatic rings. The van der Waals surface area contributed by atoms with E-state index >= 15 is 0 Å². The predicted octanol–water partition coefficient (Wildman–Crippen LogP) is 5.06. The number of hydrogen-bond donors (Lipinski definition) is 1. The van der Waals surface area contributed by atoms with Crippen LogP contribution in [0.25, 0.3) is 16.7 Å². The van der Waals surface area contributed by atoms with Crippen LogP contribution >= 0.6 is 11.6 Å². The van der Waals surface area contributed by atoms with Crippen molar-refractivity contribution in [3.8, 4) is 5.69 Å². The number of rotatable bonds is 6. The van der Waals surface area contributed by atoms with Crippen molar-refractivity contribution >= 4 is 40.1 Å². The minimum absolute atomic E-state index is 0.673. The van der Waals surface area contributed by atoms with Gasteiger partial charge in [0.2, 0.25) is 5.95 Å². The molecular formula is C21H21ClN6. The molecule has 0 saturated heterocycles. The minimum Gasteiger partial charge on any atom is -0.341 e. The van der Waals surface area contributed by atoms with Gasteiger partial charge in [0.1, 0.15) is 5.82 Å². The van der Waals surface area contributed by atoms with Crippen LogP contribution < -0.4 is 10.2 Å². The lowest BCUT2D eigenvalue weighted by atomic mass is 10.3. The molecule has 2 aromatic heterocycles. The van der Waals surface area contributed by atoms with Gasteiger partial charge in [0.25, 0.3) is 0 Å². The zero-order valence-corrected chi connectivity index (χ0v) is 16.6. The molecule has 1 N–H and O–H groups in total. The largest absolute Gasteiger partial charge is 0.341 e. The summed E-state index contributed by atoms with van der Waals surface area (Å²) in [5.74, 6) is 1.39. The number of para-hydroxylation sites is 1. The van der Waals surface area contributed by atoms with E-state index < -0.39 is 0 Å². The molecule has 0 aliphatic heterocycles. The van der Waals surface area contributed by atoms with Crippen molar-refractivity contribution in [2.75, 3.05) is 23.3 Å². The normalized spacial score (nSPS) is 11.0. The average molecular weight is 393 g/mol. The molecule has 0 spiro atoms. The summed E-state index contributed by atoms with van der Waals surface area (Å²) in [6.45, 7) is 5.83. The van der Waals surface area contributed by atoms with E-state index in [1.165, 1.54) is 0 Å². The molecule has 0 aliphatic rings. The Kier molecular flexibility index (Phi) is 5.12. The fourth-order valence-electron chi connectivity index (χ4n) is 3.07. The Labute approximate surface area is 168 Å². The monoisotopic (exact) mass is 392 g/mol. The third-order valence-corrected chi connectivity index (χ3v) is 4.82. The maximum atomic E-state index is 6.01. The van der Waals surface area contributed by atoms with Gasteiger partial charge in [-0.2, -0.15) is 15.1 Å². The summed E-state index contributed by atoms with van der Waals surface area (Å²) in [4.78, 5) is 11.7. The molecular weight excluding hydrogens is 372 g/mol. The summed E-state index contributed by atoms with van der Waals surface area (Å²) in [5, 5.41) is 9.51. The molecule has 2 heterocycles. The van der Waals surface area contributed by atoms with Crippen LogP contribution in [0.3, 0.4) is 0 Å². The fourth-order valence-corrected chi connectivity index (χ4v) is 3.19. The Bertz CT molecular complexity index is 1070. The lowest BCUT2D eigenvalue weighted by Crippen LogP contribution is -2.24. The summed E-state index contributed by atoms with van der Waals surface area (Å²) in [6, 6.07) is 17.5. The summed E-state index contributed by atoms with van der Waals surface area (Å²) >= 11 is 6.01. The van der Waals surface area contributed by atoms with E-state index in [-0.39, 0.29) is 0 Å². The van der Waals surface area contributed by atoms with Gasteiger partial charge in [-0.25, -0.2) is 4.68 Å². The van der Waals surface area contributed by atoms with E-state index in [4.69, 9.17) is 21.6 Å². The van der Waals surface area contributed by atoms with Crippen LogP contribution in [0.1, 0.15) is 13.8 Å². The maximum absolute atomic E-state index is 6.01. The van der Waals surface area contributed by atoms with Gasteiger partial charge in [0.05, 0.1) is 17.3 Å². The summed E-state index contributed by atoms with van der Waals surface area (Å²) in [5.41, 5.74) is 2.63. The summed E-state index contributed by atoms with van der Waals surface area (Å²) < 4.78 is 1.84. The van der Waals surface area contributed by atoms with E-state index in [0.29, 0.717) is 11.0 Å².